The van der Waals surface area contributed by atoms with E-state index in [0.717, 1.165) is 0 Å². The van der Waals surface area contributed by atoms with Crippen molar-refractivity contribution in [2.24, 2.45) is 0 Å². The van der Waals surface area contributed by atoms with Gasteiger partial charge >= 0.3 is 5.97 Å². The SMILES string of the molecule is CCOC(=O)C(=O)[C@@H]1C(=O)Nc2ccccc21. The van der Waals surface area contributed by atoms with E-state index in [1.54, 1.807) is 31.2 Å². The number of hydrogen-bond donors (Lipinski definition) is 1. The summed E-state index contributed by atoms with van der Waals surface area (Å²) < 4.78 is 4.61. The fourth-order valence-electron chi connectivity index (χ4n) is 1.79. The topological polar surface area (TPSA) is 72.5 Å². The van der Waals surface area contributed by atoms with E-state index in [4.69, 9.17) is 0 Å². The third-order valence-electron chi connectivity index (χ3n) is 2.53. The number of hydrogen-bond acceptors (Lipinski definition) is 4. The molecule has 1 aliphatic rings. The molecule has 0 fully saturated rings. The summed E-state index contributed by atoms with van der Waals surface area (Å²) in [5, 5.41) is 2.56. The summed E-state index contributed by atoms with van der Waals surface area (Å²) >= 11 is 0. The largest absolute Gasteiger partial charge is 0.460 e. The lowest BCUT2D eigenvalue weighted by molar-refractivity contribution is -0.155. The number of rotatable bonds is 3. The molecule has 0 bridgehead atoms. The summed E-state index contributed by atoms with van der Waals surface area (Å²) in [6.07, 6.45) is 0. The highest BCUT2D eigenvalue weighted by Gasteiger charge is 2.39. The van der Waals surface area contributed by atoms with E-state index in [2.05, 4.69) is 10.1 Å². The summed E-state index contributed by atoms with van der Waals surface area (Å²) in [7, 11) is 0. The van der Waals surface area contributed by atoms with Crippen molar-refractivity contribution in [1.29, 1.82) is 0 Å². The molecule has 0 unspecified atom stereocenters. The Morgan fingerprint density at radius 2 is 2.06 bits per heavy atom. The molecule has 0 aliphatic carbocycles. The van der Waals surface area contributed by atoms with Gasteiger partial charge in [-0.1, -0.05) is 18.2 Å². The van der Waals surface area contributed by atoms with Gasteiger partial charge in [-0.15, -0.1) is 0 Å². The van der Waals surface area contributed by atoms with Crippen LogP contribution < -0.4 is 5.32 Å². The number of ether oxygens (including phenoxy) is 1. The first kappa shape index (κ1) is 11.3. The van der Waals surface area contributed by atoms with Crippen LogP contribution in [0, 0.1) is 0 Å². The molecule has 2 rings (SSSR count). The molecule has 0 saturated heterocycles. The van der Waals surface area contributed by atoms with Crippen LogP contribution in [0.4, 0.5) is 5.69 Å². The summed E-state index contributed by atoms with van der Waals surface area (Å²) in [5.74, 6) is -3.35. The van der Waals surface area contributed by atoms with Gasteiger partial charge in [0, 0.05) is 5.69 Å². The number of para-hydroxylation sites is 1. The lowest BCUT2D eigenvalue weighted by Crippen LogP contribution is -2.29. The highest BCUT2D eigenvalue weighted by atomic mass is 16.5. The molecule has 1 amide bonds. The average molecular weight is 233 g/mol. The zero-order valence-electron chi connectivity index (χ0n) is 9.23. The van der Waals surface area contributed by atoms with Crippen LogP contribution in [0.25, 0.3) is 0 Å². The third-order valence-corrected chi connectivity index (χ3v) is 2.53. The van der Waals surface area contributed by atoms with Crippen LogP contribution in [0.3, 0.4) is 0 Å². The van der Waals surface area contributed by atoms with Gasteiger partial charge < -0.3 is 10.1 Å². The molecule has 17 heavy (non-hydrogen) atoms. The predicted molar refractivity (Wildman–Crippen MR) is 59.5 cm³/mol. The van der Waals surface area contributed by atoms with Crippen LogP contribution >= 0.6 is 0 Å². The smallest absolute Gasteiger partial charge is 0.375 e. The Morgan fingerprint density at radius 3 is 2.76 bits per heavy atom. The number of carbonyl (C=O) groups is 3. The van der Waals surface area contributed by atoms with Gasteiger partial charge in [0.15, 0.2) is 0 Å². The van der Waals surface area contributed by atoms with E-state index in [0.29, 0.717) is 11.3 Å². The molecule has 1 atom stereocenters. The van der Waals surface area contributed by atoms with E-state index in [1.807, 2.05) is 0 Å². The van der Waals surface area contributed by atoms with E-state index in [1.165, 1.54) is 0 Å². The Balaban J connectivity index is 2.30. The number of fused-ring (bicyclic) bond motifs is 1. The lowest BCUT2D eigenvalue weighted by Gasteiger charge is -2.06. The Bertz CT molecular complexity index is 495. The van der Waals surface area contributed by atoms with Gasteiger partial charge in [-0.05, 0) is 18.6 Å². The monoisotopic (exact) mass is 233 g/mol. The van der Waals surface area contributed by atoms with Crippen molar-refractivity contribution in [2.45, 2.75) is 12.8 Å². The number of Topliss-reactive ketones (excluding diaryl/α,β-unsaturated/α-hetero) is 1. The zero-order valence-corrected chi connectivity index (χ0v) is 9.23. The Kier molecular flexibility index (Phi) is 2.91. The Hall–Kier alpha value is -2.17. The molecule has 1 N–H and O–H groups in total. The molecule has 0 spiro atoms. The molecular formula is C12H11NO4. The molecule has 1 aromatic rings. The molecule has 0 radical (unpaired) electrons. The molecular weight excluding hydrogens is 222 g/mol. The maximum atomic E-state index is 11.8. The fourth-order valence-corrected chi connectivity index (χ4v) is 1.79. The summed E-state index contributed by atoms with van der Waals surface area (Å²) in [4.78, 5) is 34.7. The maximum absolute atomic E-state index is 11.8. The predicted octanol–water partition coefficient (Wildman–Crippen LogP) is 0.854. The van der Waals surface area contributed by atoms with E-state index in [-0.39, 0.29) is 6.61 Å². The number of ketones is 1. The fraction of sp³-hybridized carbons (Fsp3) is 0.250. The number of benzene rings is 1. The van der Waals surface area contributed by atoms with E-state index in [9.17, 15) is 14.4 Å². The molecule has 1 heterocycles. The number of nitrogens with one attached hydrogen (secondary N) is 1. The number of anilines is 1. The van der Waals surface area contributed by atoms with Crippen molar-refractivity contribution in [2.75, 3.05) is 11.9 Å². The Labute approximate surface area is 97.8 Å². The zero-order chi connectivity index (χ0) is 12.4. The van der Waals surface area contributed by atoms with Gasteiger partial charge in [-0.3, -0.25) is 9.59 Å². The second-order valence-corrected chi connectivity index (χ2v) is 3.59. The van der Waals surface area contributed by atoms with Crippen molar-refractivity contribution >= 4 is 23.3 Å². The first-order valence-corrected chi connectivity index (χ1v) is 5.26. The number of esters is 1. The van der Waals surface area contributed by atoms with E-state index >= 15 is 0 Å². The van der Waals surface area contributed by atoms with Crippen LogP contribution in [0.5, 0.6) is 0 Å². The standard InChI is InChI=1S/C12H11NO4/c1-2-17-12(16)10(14)9-7-5-3-4-6-8(7)13-11(9)15/h3-6,9H,2H2,1H3,(H,13,15)/t9-/m1/s1. The highest BCUT2D eigenvalue weighted by Crippen LogP contribution is 2.32. The normalized spacial score (nSPS) is 17.2. The lowest BCUT2D eigenvalue weighted by atomic mass is 9.96. The first-order chi connectivity index (χ1) is 8.15. The van der Waals surface area contributed by atoms with Crippen LogP contribution in [0.1, 0.15) is 18.4 Å². The molecule has 0 saturated carbocycles. The van der Waals surface area contributed by atoms with Crippen LogP contribution in [0.15, 0.2) is 24.3 Å². The van der Waals surface area contributed by atoms with E-state index < -0.39 is 23.6 Å². The highest BCUT2D eigenvalue weighted by molar-refractivity contribution is 6.42. The Morgan fingerprint density at radius 1 is 1.35 bits per heavy atom. The first-order valence-electron chi connectivity index (χ1n) is 5.26. The second kappa shape index (κ2) is 4.37. The molecule has 5 nitrogen and oxygen atoms in total. The van der Waals surface area contributed by atoms with Crippen molar-refractivity contribution in [3.05, 3.63) is 29.8 Å². The van der Waals surface area contributed by atoms with Gasteiger partial charge in [0.05, 0.1) is 6.61 Å². The number of amides is 1. The van der Waals surface area contributed by atoms with Crippen LogP contribution in [0.2, 0.25) is 0 Å². The maximum Gasteiger partial charge on any atom is 0.375 e. The molecule has 1 aliphatic heterocycles. The molecule has 0 aromatic heterocycles. The summed E-state index contributed by atoms with van der Waals surface area (Å²) in [5.41, 5.74) is 1.09. The minimum Gasteiger partial charge on any atom is -0.460 e. The van der Waals surface area contributed by atoms with Crippen molar-refractivity contribution in [3.8, 4) is 0 Å². The molecule has 88 valence electrons. The van der Waals surface area contributed by atoms with Crippen LogP contribution in [-0.4, -0.2) is 24.3 Å². The third kappa shape index (κ3) is 1.91. The molecule has 5 heteroatoms. The summed E-state index contributed by atoms with van der Waals surface area (Å²) in [6.45, 7) is 1.72. The van der Waals surface area contributed by atoms with Gasteiger partial charge in [-0.2, -0.15) is 0 Å². The van der Waals surface area contributed by atoms with Gasteiger partial charge in [-0.25, -0.2) is 4.79 Å². The van der Waals surface area contributed by atoms with Crippen molar-refractivity contribution < 1.29 is 19.1 Å². The quantitative estimate of drug-likeness (QED) is 0.477. The van der Waals surface area contributed by atoms with Crippen molar-refractivity contribution in [3.63, 3.8) is 0 Å². The molecule has 1 aromatic carbocycles. The van der Waals surface area contributed by atoms with Gasteiger partial charge in [0.25, 0.3) is 5.78 Å². The number of carbonyl (C=O) groups excluding carboxylic acids is 3. The van der Waals surface area contributed by atoms with Crippen molar-refractivity contribution in [1.82, 2.24) is 0 Å². The van der Waals surface area contributed by atoms with Gasteiger partial charge in [0.1, 0.15) is 5.92 Å². The second-order valence-electron chi connectivity index (χ2n) is 3.59. The minimum atomic E-state index is -1.08. The van der Waals surface area contributed by atoms with Gasteiger partial charge in [0.2, 0.25) is 5.91 Å². The van der Waals surface area contributed by atoms with Crippen LogP contribution in [-0.2, 0) is 19.1 Å². The minimum absolute atomic E-state index is 0.112. The summed E-state index contributed by atoms with van der Waals surface area (Å²) in [6, 6.07) is 6.79. The average Bonchev–Trinajstić information content (AvgIpc) is 2.64.